The molecule has 1 amide bonds. The van der Waals surface area contributed by atoms with Crippen molar-refractivity contribution >= 4 is 17.7 Å². The molecule has 2 aromatic carbocycles. The van der Waals surface area contributed by atoms with Crippen molar-refractivity contribution in [3.8, 4) is 23.0 Å². The number of benzene rings is 2. The zero-order valence-corrected chi connectivity index (χ0v) is 16.6. The van der Waals surface area contributed by atoms with Gasteiger partial charge >= 0.3 is 0 Å². The predicted molar refractivity (Wildman–Crippen MR) is 113 cm³/mol. The van der Waals surface area contributed by atoms with E-state index in [2.05, 4.69) is 15.5 Å². The Kier molecular flexibility index (Phi) is 6.08. The lowest BCUT2D eigenvalue weighted by atomic mass is 10.2. The maximum Gasteiger partial charge on any atom is 0.254 e. The van der Waals surface area contributed by atoms with Gasteiger partial charge in [-0.3, -0.25) is 4.79 Å². The number of hydrogen-bond donors (Lipinski definition) is 1. The van der Waals surface area contributed by atoms with Gasteiger partial charge in [0.05, 0.1) is 13.4 Å². The largest absolute Gasteiger partial charge is 0.497 e. The Labute approximate surface area is 178 Å². The SMILES string of the molecule is COc1ccc(-c2nnc(COc3ccc(NC(=O)/C=C/c4ccco4)cc3)o2)cc1. The molecule has 0 spiro atoms. The van der Waals surface area contributed by atoms with Gasteiger partial charge in [-0.05, 0) is 66.7 Å². The number of amides is 1. The summed E-state index contributed by atoms with van der Waals surface area (Å²) in [6.07, 6.45) is 4.54. The first-order chi connectivity index (χ1) is 15.2. The molecule has 0 saturated carbocycles. The van der Waals surface area contributed by atoms with Gasteiger partial charge in [0.15, 0.2) is 6.61 Å². The van der Waals surface area contributed by atoms with Gasteiger partial charge in [-0.1, -0.05) is 0 Å². The number of carbonyl (C=O) groups excluding carboxylic acids is 1. The molecule has 156 valence electrons. The maximum atomic E-state index is 12.0. The second-order valence-corrected chi connectivity index (χ2v) is 6.38. The van der Waals surface area contributed by atoms with E-state index < -0.39 is 0 Å². The Morgan fingerprint density at radius 2 is 1.81 bits per heavy atom. The van der Waals surface area contributed by atoms with E-state index in [1.807, 2.05) is 24.3 Å². The van der Waals surface area contributed by atoms with Gasteiger partial charge in [-0.2, -0.15) is 0 Å². The van der Waals surface area contributed by atoms with E-state index >= 15 is 0 Å². The van der Waals surface area contributed by atoms with Crippen LogP contribution < -0.4 is 14.8 Å². The van der Waals surface area contributed by atoms with E-state index in [9.17, 15) is 4.79 Å². The normalized spacial score (nSPS) is 10.9. The van der Waals surface area contributed by atoms with Crippen molar-refractivity contribution < 1.29 is 23.1 Å². The van der Waals surface area contributed by atoms with Crippen LogP contribution in [0.3, 0.4) is 0 Å². The number of aromatic nitrogens is 2. The smallest absolute Gasteiger partial charge is 0.254 e. The highest BCUT2D eigenvalue weighted by molar-refractivity contribution is 6.01. The Morgan fingerprint density at radius 3 is 2.52 bits per heavy atom. The molecule has 1 N–H and O–H groups in total. The molecule has 0 aliphatic rings. The van der Waals surface area contributed by atoms with Crippen LogP contribution in [-0.4, -0.2) is 23.2 Å². The van der Waals surface area contributed by atoms with Crippen LogP contribution in [0.2, 0.25) is 0 Å². The lowest BCUT2D eigenvalue weighted by molar-refractivity contribution is -0.111. The second kappa shape index (κ2) is 9.45. The molecule has 31 heavy (non-hydrogen) atoms. The molecular formula is C23H19N3O5. The molecular weight excluding hydrogens is 398 g/mol. The molecule has 4 aromatic rings. The van der Waals surface area contributed by atoms with Crippen molar-refractivity contribution in [2.24, 2.45) is 0 Å². The van der Waals surface area contributed by atoms with Gasteiger partial charge in [0.25, 0.3) is 5.89 Å². The van der Waals surface area contributed by atoms with Crippen LogP contribution in [0.4, 0.5) is 5.69 Å². The molecule has 0 radical (unpaired) electrons. The van der Waals surface area contributed by atoms with Crippen LogP contribution in [-0.2, 0) is 11.4 Å². The first-order valence-corrected chi connectivity index (χ1v) is 9.42. The summed E-state index contributed by atoms with van der Waals surface area (Å²) in [4.78, 5) is 12.0. The van der Waals surface area contributed by atoms with E-state index in [1.54, 1.807) is 55.8 Å². The first kappa shape index (κ1) is 20.0. The lowest BCUT2D eigenvalue weighted by Crippen LogP contribution is -2.07. The number of methoxy groups -OCH3 is 1. The summed E-state index contributed by atoms with van der Waals surface area (Å²) < 4.78 is 21.6. The van der Waals surface area contributed by atoms with E-state index in [-0.39, 0.29) is 12.5 Å². The van der Waals surface area contributed by atoms with Crippen LogP contribution in [0.5, 0.6) is 11.5 Å². The second-order valence-electron chi connectivity index (χ2n) is 6.38. The molecule has 0 atom stereocenters. The van der Waals surface area contributed by atoms with Gasteiger partial charge in [0.1, 0.15) is 17.3 Å². The lowest BCUT2D eigenvalue weighted by Gasteiger charge is -2.05. The fraction of sp³-hybridized carbons (Fsp3) is 0.0870. The predicted octanol–water partition coefficient (Wildman–Crippen LogP) is 4.57. The highest BCUT2D eigenvalue weighted by atomic mass is 16.5. The number of carbonyl (C=O) groups is 1. The minimum atomic E-state index is -0.262. The molecule has 0 aliphatic heterocycles. The van der Waals surface area contributed by atoms with Crippen LogP contribution >= 0.6 is 0 Å². The standard InChI is InChI=1S/C23H19N3O5/c1-28-18-8-4-16(5-9-18)23-26-25-22(31-23)15-30-20-10-6-17(7-11-20)24-21(27)13-12-19-3-2-14-29-19/h2-14H,15H2,1H3,(H,24,27)/b13-12+. The van der Waals surface area contributed by atoms with E-state index in [1.165, 1.54) is 6.08 Å². The molecule has 0 fully saturated rings. The van der Waals surface area contributed by atoms with Crippen LogP contribution in [0.25, 0.3) is 17.5 Å². The van der Waals surface area contributed by atoms with Crippen LogP contribution in [0.1, 0.15) is 11.7 Å². The molecule has 0 saturated heterocycles. The average molecular weight is 417 g/mol. The summed E-state index contributed by atoms with van der Waals surface area (Å²) >= 11 is 0. The number of rotatable bonds is 8. The quantitative estimate of drug-likeness (QED) is 0.419. The fourth-order valence-electron chi connectivity index (χ4n) is 2.67. The zero-order chi connectivity index (χ0) is 21.5. The highest BCUT2D eigenvalue weighted by Gasteiger charge is 2.09. The topological polar surface area (TPSA) is 99.6 Å². The van der Waals surface area contributed by atoms with Gasteiger partial charge in [0.2, 0.25) is 11.8 Å². The van der Waals surface area contributed by atoms with Gasteiger partial charge < -0.3 is 23.6 Å². The minimum absolute atomic E-state index is 0.126. The molecule has 8 nitrogen and oxygen atoms in total. The summed E-state index contributed by atoms with van der Waals surface area (Å²) in [7, 11) is 1.61. The molecule has 2 heterocycles. The summed E-state index contributed by atoms with van der Waals surface area (Å²) in [5.74, 6) is 2.46. The third-order valence-electron chi connectivity index (χ3n) is 4.23. The minimum Gasteiger partial charge on any atom is -0.497 e. The molecule has 2 aromatic heterocycles. The molecule has 0 bridgehead atoms. The third kappa shape index (κ3) is 5.39. The monoisotopic (exact) mass is 417 g/mol. The van der Waals surface area contributed by atoms with Crippen molar-refractivity contribution in [3.05, 3.63) is 84.7 Å². The first-order valence-electron chi connectivity index (χ1n) is 9.42. The number of furan rings is 1. The highest BCUT2D eigenvalue weighted by Crippen LogP contribution is 2.22. The van der Waals surface area contributed by atoms with E-state index in [4.69, 9.17) is 18.3 Å². The third-order valence-corrected chi connectivity index (χ3v) is 4.23. The van der Waals surface area contributed by atoms with Gasteiger partial charge in [0, 0.05) is 17.3 Å². The number of ether oxygens (including phenoxy) is 2. The van der Waals surface area contributed by atoms with E-state index in [0.29, 0.717) is 29.0 Å². The molecule has 0 aliphatic carbocycles. The number of nitrogens with one attached hydrogen (secondary N) is 1. The van der Waals surface area contributed by atoms with Crippen LogP contribution in [0.15, 0.2) is 81.8 Å². The van der Waals surface area contributed by atoms with Crippen molar-refractivity contribution in [1.29, 1.82) is 0 Å². The Morgan fingerprint density at radius 1 is 1.03 bits per heavy atom. The zero-order valence-electron chi connectivity index (χ0n) is 16.6. The summed E-state index contributed by atoms with van der Waals surface area (Å²) in [5, 5.41) is 10.8. The fourth-order valence-corrected chi connectivity index (χ4v) is 2.67. The number of nitrogens with zero attached hydrogens (tertiary/aromatic N) is 2. The summed E-state index contributed by atoms with van der Waals surface area (Å²) in [5.41, 5.74) is 1.43. The Bertz CT molecular complexity index is 1150. The van der Waals surface area contributed by atoms with Gasteiger partial charge in [-0.25, -0.2) is 0 Å². The van der Waals surface area contributed by atoms with Crippen molar-refractivity contribution in [2.45, 2.75) is 6.61 Å². The molecule has 0 unspecified atom stereocenters. The summed E-state index contributed by atoms with van der Waals surface area (Å²) in [6, 6.07) is 17.8. The van der Waals surface area contributed by atoms with Crippen molar-refractivity contribution in [1.82, 2.24) is 10.2 Å². The van der Waals surface area contributed by atoms with Crippen molar-refractivity contribution in [2.75, 3.05) is 12.4 Å². The Hall–Kier alpha value is -4.33. The van der Waals surface area contributed by atoms with Gasteiger partial charge in [-0.15, -0.1) is 10.2 Å². The molecule has 4 rings (SSSR count). The maximum absolute atomic E-state index is 12.0. The van der Waals surface area contributed by atoms with Crippen LogP contribution in [0, 0.1) is 0 Å². The van der Waals surface area contributed by atoms with E-state index in [0.717, 1.165) is 11.3 Å². The molecule has 8 heteroatoms. The number of anilines is 1. The number of hydrogen-bond acceptors (Lipinski definition) is 7. The summed E-state index contributed by atoms with van der Waals surface area (Å²) in [6.45, 7) is 0.126. The Balaban J connectivity index is 1.29. The average Bonchev–Trinajstić information content (AvgIpc) is 3.50. The van der Waals surface area contributed by atoms with Crippen molar-refractivity contribution in [3.63, 3.8) is 0 Å².